The Morgan fingerprint density at radius 2 is 1.82 bits per heavy atom. The molecule has 10 nitrogen and oxygen atoms in total. The highest BCUT2D eigenvalue weighted by molar-refractivity contribution is 5.90. The summed E-state index contributed by atoms with van der Waals surface area (Å²) in [5.41, 5.74) is 1.98. The molecule has 3 unspecified atom stereocenters. The van der Waals surface area contributed by atoms with Crippen LogP contribution in [0.2, 0.25) is 0 Å². The molecule has 1 saturated heterocycles. The summed E-state index contributed by atoms with van der Waals surface area (Å²) in [6.45, 7) is 6.50. The number of carboxylic acid groups (broad SMARTS) is 1. The third-order valence-corrected chi connectivity index (χ3v) is 8.18. The van der Waals surface area contributed by atoms with E-state index in [1.807, 2.05) is 19.9 Å². The Labute approximate surface area is 252 Å². The lowest BCUT2D eigenvalue weighted by Crippen LogP contribution is -2.52. The Morgan fingerprint density at radius 1 is 1.11 bits per heavy atom. The van der Waals surface area contributed by atoms with Crippen LogP contribution in [0.3, 0.4) is 0 Å². The molecule has 3 atom stereocenters. The van der Waals surface area contributed by atoms with Gasteiger partial charge in [-0.25, -0.2) is 14.0 Å². The molecule has 2 aliphatic heterocycles. The molecule has 2 aromatic rings. The molecule has 1 saturated carbocycles. The third-order valence-electron chi connectivity index (χ3n) is 8.18. The number of aliphatic carboxylic acids is 1. The lowest BCUT2D eigenvalue weighted by Gasteiger charge is -2.45. The van der Waals surface area contributed by atoms with Gasteiger partial charge in [0.15, 0.2) is 18.3 Å². The first kappa shape index (κ1) is 33.1. The number of halogens is 4. The molecular formula is C30H37F4N3O7. The predicted octanol–water partition coefficient (Wildman–Crippen LogP) is 5.44. The van der Waals surface area contributed by atoms with Crippen LogP contribution in [-0.2, 0) is 21.6 Å². The van der Waals surface area contributed by atoms with Crippen LogP contribution in [0, 0.1) is 5.82 Å². The van der Waals surface area contributed by atoms with Gasteiger partial charge in [0.25, 0.3) is 0 Å². The fraction of sp³-hybridized carbons (Fsp3) is 0.533. The average Bonchev–Trinajstić information content (AvgIpc) is 3.31. The van der Waals surface area contributed by atoms with Crippen LogP contribution in [0.1, 0.15) is 50.7 Å². The van der Waals surface area contributed by atoms with E-state index in [9.17, 15) is 22.4 Å². The van der Waals surface area contributed by atoms with Crippen molar-refractivity contribution in [1.82, 2.24) is 10.2 Å². The Bertz CT molecular complexity index is 1340. The van der Waals surface area contributed by atoms with Crippen LogP contribution >= 0.6 is 0 Å². The van der Waals surface area contributed by atoms with E-state index in [1.54, 1.807) is 0 Å². The molecule has 3 aliphatic rings. The number of nitrogens with one attached hydrogen (secondary N) is 2. The lowest BCUT2D eigenvalue weighted by atomic mass is 9.65. The van der Waals surface area contributed by atoms with Gasteiger partial charge in [0.2, 0.25) is 0 Å². The summed E-state index contributed by atoms with van der Waals surface area (Å²) >= 11 is 0. The average molecular weight is 628 g/mol. The van der Waals surface area contributed by atoms with Gasteiger partial charge in [-0.2, -0.15) is 13.2 Å². The Balaban J connectivity index is 0.000000566. The highest BCUT2D eigenvalue weighted by atomic mass is 19.4. The van der Waals surface area contributed by atoms with Crippen molar-refractivity contribution in [3.8, 4) is 17.2 Å². The van der Waals surface area contributed by atoms with Crippen molar-refractivity contribution in [1.29, 1.82) is 0 Å². The summed E-state index contributed by atoms with van der Waals surface area (Å²) in [5.74, 6) is -1.19. The second-order valence-electron chi connectivity index (χ2n) is 10.9. The number of amides is 2. The fourth-order valence-corrected chi connectivity index (χ4v) is 6.15. The minimum Gasteiger partial charge on any atom is -0.490 e. The van der Waals surface area contributed by atoms with E-state index in [0.29, 0.717) is 24.5 Å². The number of urea groups is 1. The Kier molecular flexibility index (Phi) is 10.5. The largest absolute Gasteiger partial charge is 0.490 e. The second kappa shape index (κ2) is 13.9. The Hall–Kier alpha value is -3.78. The van der Waals surface area contributed by atoms with Crippen molar-refractivity contribution in [2.45, 2.75) is 69.8 Å². The van der Waals surface area contributed by atoms with Gasteiger partial charge in [-0.05, 0) is 76.9 Å². The molecular weight excluding hydrogens is 590 g/mol. The van der Waals surface area contributed by atoms with E-state index in [0.717, 1.165) is 43.7 Å². The smallest absolute Gasteiger partial charge is 0.490 e. The van der Waals surface area contributed by atoms with Crippen molar-refractivity contribution in [2.75, 3.05) is 38.9 Å². The first-order chi connectivity index (χ1) is 20.9. The number of benzene rings is 2. The summed E-state index contributed by atoms with van der Waals surface area (Å²) in [6, 6.07) is 9.05. The van der Waals surface area contributed by atoms with E-state index in [2.05, 4.69) is 34.7 Å². The SMILES string of the molecule is CCOc1ccc(C23CCC(NC(=O)Nc4cc5c(cc4F)COCO5)CC2N(C)CC3)cc1OCC.O=C(O)C(F)(F)F. The van der Waals surface area contributed by atoms with Gasteiger partial charge in [0.1, 0.15) is 11.6 Å². The van der Waals surface area contributed by atoms with Crippen LogP contribution in [0.4, 0.5) is 28.0 Å². The first-order valence-corrected chi connectivity index (χ1v) is 14.4. The van der Waals surface area contributed by atoms with Crippen LogP contribution < -0.4 is 24.8 Å². The summed E-state index contributed by atoms with van der Waals surface area (Å²) in [4.78, 5) is 24.1. The highest BCUT2D eigenvalue weighted by Gasteiger charge is 2.50. The summed E-state index contributed by atoms with van der Waals surface area (Å²) in [6.07, 6.45) is -1.44. The van der Waals surface area contributed by atoms with Gasteiger partial charge < -0.3 is 39.6 Å². The molecule has 0 spiro atoms. The standard InChI is InChI=1S/C28H36FN3O5.C2HF3O2/c1-4-35-23-7-6-19(13-25(23)36-5-2)28-9-8-20(14-26(28)32(3)11-10-28)30-27(33)31-22-15-24-18(12-21(22)29)16-34-17-37-24;3-2(4,5)1(6)7/h6-7,12-13,15,20,26H,4-5,8-11,14,16-17H2,1-3H3,(H2,30,31,33);(H,6,7). The van der Waals surface area contributed by atoms with Gasteiger partial charge in [-0.15, -0.1) is 0 Å². The number of carbonyl (C=O) groups is 2. The van der Waals surface area contributed by atoms with Crippen molar-refractivity contribution in [3.05, 3.63) is 47.3 Å². The number of hydrogen-bond acceptors (Lipinski definition) is 7. The molecule has 2 amide bonds. The minimum atomic E-state index is -5.08. The van der Waals surface area contributed by atoms with Crippen molar-refractivity contribution in [3.63, 3.8) is 0 Å². The zero-order valence-electron chi connectivity index (χ0n) is 24.8. The molecule has 0 radical (unpaired) electrons. The van der Waals surface area contributed by atoms with Gasteiger partial charge in [-0.1, -0.05) is 6.07 Å². The minimum absolute atomic E-state index is 0.00991. The number of nitrogens with zero attached hydrogens (tertiary/aromatic N) is 1. The normalized spacial score (nSPS) is 22.8. The number of fused-ring (bicyclic) bond motifs is 2. The topological polar surface area (TPSA) is 119 Å². The van der Waals surface area contributed by atoms with Crippen molar-refractivity contribution >= 4 is 17.7 Å². The lowest BCUT2D eigenvalue weighted by molar-refractivity contribution is -0.192. The van der Waals surface area contributed by atoms with Crippen LogP contribution in [0.5, 0.6) is 17.2 Å². The van der Waals surface area contributed by atoms with Gasteiger partial charge in [0.05, 0.1) is 25.5 Å². The van der Waals surface area contributed by atoms with Gasteiger partial charge in [0, 0.05) is 29.1 Å². The van der Waals surface area contributed by atoms with Crippen LogP contribution in [-0.4, -0.2) is 73.9 Å². The number of likely N-dealkylation sites (N-methyl/N-ethyl adjacent to an activating group) is 1. The fourth-order valence-electron chi connectivity index (χ4n) is 6.15. The molecule has 242 valence electrons. The number of anilines is 1. The van der Waals surface area contributed by atoms with Gasteiger partial charge in [-0.3, -0.25) is 0 Å². The first-order valence-electron chi connectivity index (χ1n) is 14.4. The highest BCUT2D eigenvalue weighted by Crippen LogP contribution is 2.50. The molecule has 44 heavy (non-hydrogen) atoms. The van der Waals surface area contributed by atoms with Gasteiger partial charge >= 0.3 is 18.2 Å². The Morgan fingerprint density at radius 3 is 2.50 bits per heavy atom. The molecule has 1 aliphatic carbocycles. The number of alkyl halides is 3. The molecule has 2 heterocycles. The van der Waals surface area contributed by atoms with E-state index < -0.39 is 24.0 Å². The number of carboxylic acids is 1. The second-order valence-corrected chi connectivity index (χ2v) is 10.9. The van der Waals surface area contributed by atoms with E-state index in [1.165, 1.54) is 17.7 Å². The maximum atomic E-state index is 14.6. The van der Waals surface area contributed by atoms with Crippen molar-refractivity contribution in [2.24, 2.45) is 0 Å². The van der Waals surface area contributed by atoms with E-state index in [-0.39, 0.29) is 36.6 Å². The molecule has 14 heteroatoms. The van der Waals surface area contributed by atoms with Crippen molar-refractivity contribution < 1.29 is 51.2 Å². The van der Waals surface area contributed by atoms with Crippen LogP contribution in [0.25, 0.3) is 0 Å². The van der Waals surface area contributed by atoms with E-state index >= 15 is 0 Å². The number of hydrogen-bond donors (Lipinski definition) is 3. The predicted molar refractivity (Wildman–Crippen MR) is 152 cm³/mol. The number of ether oxygens (including phenoxy) is 4. The summed E-state index contributed by atoms with van der Waals surface area (Å²) in [7, 11) is 2.15. The zero-order chi connectivity index (χ0) is 32.1. The third kappa shape index (κ3) is 7.46. The maximum Gasteiger partial charge on any atom is 0.490 e. The molecule has 2 fully saturated rings. The molecule has 5 rings (SSSR count). The molecule has 0 bridgehead atoms. The number of carbonyl (C=O) groups excluding carboxylic acids is 1. The molecule has 2 aromatic carbocycles. The number of rotatable bonds is 7. The maximum absolute atomic E-state index is 14.6. The summed E-state index contributed by atoms with van der Waals surface area (Å²) in [5, 5.41) is 12.9. The summed E-state index contributed by atoms with van der Waals surface area (Å²) < 4.78 is 68.6. The zero-order valence-corrected chi connectivity index (χ0v) is 24.8. The van der Waals surface area contributed by atoms with Crippen LogP contribution in [0.15, 0.2) is 30.3 Å². The molecule has 3 N–H and O–H groups in total. The van der Waals surface area contributed by atoms with E-state index in [4.69, 9.17) is 28.8 Å². The monoisotopic (exact) mass is 627 g/mol. The quantitative estimate of drug-likeness (QED) is 0.348. The molecule has 0 aromatic heterocycles. The number of likely N-dealkylation sites (tertiary alicyclic amines) is 1.